The molecule has 0 aliphatic carbocycles. The lowest BCUT2D eigenvalue weighted by atomic mass is 10.2. The second-order valence-electron chi connectivity index (χ2n) is 5.51. The average molecular weight is 387 g/mol. The number of amides is 1. The first-order valence-electron chi connectivity index (χ1n) is 7.98. The Morgan fingerprint density at radius 3 is 2.85 bits per heavy atom. The lowest BCUT2D eigenvalue weighted by Gasteiger charge is -2.10. The van der Waals surface area contributed by atoms with Crippen LogP contribution in [0.5, 0.6) is 0 Å². The van der Waals surface area contributed by atoms with Gasteiger partial charge in [0.2, 0.25) is 5.91 Å². The van der Waals surface area contributed by atoms with Gasteiger partial charge < -0.3 is 19.1 Å². The van der Waals surface area contributed by atoms with Gasteiger partial charge in [0.15, 0.2) is 17.6 Å². The van der Waals surface area contributed by atoms with E-state index in [4.69, 9.17) is 9.26 Å². The van der Waals surface area contributed by atoms with E-state index in [0.29, 0.717) is 11.5 Å². The number of para-hydroxylation sites is 1. The van der Waals surface area contributed by atoms with Crippen molar-refractivity contribution in [2.24, 2.45) is 7.05 Å². The molecule has 1 aromatic carbocycles. The Kier molecular flexibility index (Phi) is 5.87. The number of aryl methyl sites for hydroxylation is 2. The highest BCUT2D eigenvalue weighted by Gasteiger charge is 2.16. The molecule has 140 valence electrons. The maximum Gasteiger partial charge on any atom is 0.340 e. The molecule has 3 aromatic rings. The van der Waals surface area contributed by atoms with Crippen molar-refractivity contribution in [3.05, 3.63) is 53.9 Å². The molecule has 2 aromatic heterocycles. The van der Waals surface area contributed by atoms with Gasteiger partial charge >= 0.3 is 5.97 Å². The summed E-state index contributed by atoms with van der Waals surface area (Å²) in [5.41, 5.74) is 0.610. The lowest BCUT2D eigenvalue weighted by Crippen LogP contribution is -2.17. The molecule has 1 N–H and O–H groups in total. The van der Waals surface area contributed by atoms with Gasteiger partial charge in [-0.15, -0.1) is 0 Å². The predicted molar refractivity (Wildman–Crippen MR) is 97.2 cm³/mol. The third kappa shape index (κ3) is 4.94. The quantitative estimate of drug-likeness (QED) is 0.485. The van der Waals surface area contributed by atoms with E-state index in [1.54, 1.807) is 43.6 Å². The molecule has 0 saturated heterocycles. The Hall–Kier alpha value is -3.14. The molecular formula is C17H17N5O4S. The number of ether oxygens (including phenoxy) is 1. The van der Waals surface area contributed by atoms with E-state index in [1.807, 2.05) is 11.6 Å². The van der Waals surface area contributed by atoms with Crippen LogP contribution in [0.25, 0.3) is 0 Å². The zero-order valence-electron chi connectivity index (χ0n) is 14.7. The number of anilines is 1. The third-order valence-electron chi connectivity index (χ3n) is 3.43. The highest BCUT2D eigenvalue weighted by Crippen LogP contribution is 2.19. The summed E-state index contributed by atoms with van der Waals surface area (Å²) in [6.45, 7) is 1.53. The Morgan fingerprint density at radius 2 is 2.15 bits per heavy atom. The van der Waals surface area contributed by atoms with Crippen LogP contribution in [0.1, 0.15) is 22.1 Å². The molecule has 0 saturated carbocycles. The van der Waals surface area contributed by atoms with Crippen LogP contribution < -0.4 is 5.32 Å². The van der Waals surface area contributed by atoms with E-state index in [1.165, 1.54) is 11.8 Å². The lowest BCUT2D eigenvalue weighted by molar-refractivity contribution is -0.113. The molecule has 0 unspecified atom stereocenters. The molecule has 0 spiro atoms. The summed E-state index contributed by atoms with van der Waals surface area (Å²) < 4.78 is 11.9. The summed E-state index contributed by atoms with van der Waals surface area (Å²) in [5, 5.41) is 7.08. The van der Waals surface area contributed by atoms with Crippen molar-refractivity contribution < 1.29 is 18.8 Å². The molecule has 1 amide bonds. The number of benzene rings is 1. The zero-order chi connectivity index (χ0) is 19.2. The topological polar surface area (TPSA) is 112 Å². The molecule has 0 atom stereocenters. The van der Waals surface area contributed by atoms with Gasteiger partial charge in [-0.2, -0.15) is 4.98 Å². The number of hydrogen-bond donors (Lipinski definition) is 1. The van der Waals surface area contributed by atoms with Crippen molar-refractivity contribution in [2.75, 3.05) is 11.1 Å². The van der Waals surface area contributed by atoms with Crippen LogP contribution in [0, 0.1) is 6.92 Å². The largest absolute Gasteiger partial charge is 0.452 e. The number of carbonyl (C=O) groups excluding carboxylic acids is 2. The molecule has 0 bridgehead atoms. The van der Waals surface area contributed by atoms with Gasteiger partial charge in [-0.25, -0.2) is 9.78 Å². The van der Waals surface area contributed by atoms with E-state index in [0.717, 1.165) is 5.16 Å². The number of esters is 1. The molecule has 9 nitrogen and oxygen atoms in total. The van der Waals surface area contributed by atoms with Crippen LogP contribution in [-0.4, -0.2) is 37.3 Å². The van der Waals surface area contributed by atoms with Crippen molar-refractivity contribution in [3.8, 4) is 0 Å². The van der Waals surface area contributed by atoms with Crippen LogP contribution in [0.3, 0.4) is 0 Å². The van der Waals surface area contributed by atoms with Gasteiger partial charge in [0.05, 0.1) is 17.0 Å². The Bertz CT molecular complexity index is 952. The summed E-state index contributed by atoms with van der Waals surface area (Å²) in [6.07, 6.45) is 3.47. The van der Waals surface area contributed by atoms with Crippen molar-refractivity contribution >= 4 is 29.3 Å². The van der Waals surface area contributed by atoms with Crippen molar-refractivity contribution in [2.45, 2.75) is 18.7 Å². The second kappa shape index (κ2) is 8.49. The zero-order valence-corrected chi connectivity index (χ0v) is 15.5. The molecule has 0 radical (unpaired) electrons. The number of aromatic nitrogens is 4. The van der Waals surface area contributed by atoms with Crippen LogP contribution >= 0.6 is 11.8 Å². The molecule has 0 aliphatic rings. The first-order valence-corrected chi connectivity index (χ1v) is 8.97. The monoisotopic (exact) mass is 387 g/mol. The van der Waals surface area contributed by atoms with Crippen LogP contribution in [0.15, 0.2) is 46.3 Å². The smallest absolute Gasteiger partial charge is 0.340 e. The number of thioether (sulfide) groups is 1. The van der Waals surface area contributed by atoms with Gasteiger partial charge in [0.25, 0.3) is 5.89 Å². The van der Waals surface area contributed by atoms with Crippen LogP contribution in [0.2, 0.25) is 0 Å². The van der Waals surface area contributed by atoms with Gasteiger partial charge in [0, 0.05) is 19.4 Å². The first-order chi connectivity index (χ1) is 13.0. The summed E-state index contributed by atoms with van der Waals surface area (Å²) >= 11 is 1.30. The fraction of sp³-hybridized carbons (Fsp3) is 0.235. The minimum Gasteiger partial charge on any atom is -0.452 e. The average Bonchev–Trinajstić information content (AvgIpc) is 3.26. The summed E-state index contributed by atoms with van der Waals surface area (Å²) in [4.78, 5) is 32.7. The van der Waals surface area contributed by atoms with Gasteiger partial charge in [0.1, 0.15) is 0 Å². The fourth-order valence-corrected chi connectivity index (χ4v) is 2.91. The predicted octanol–water partition coefficient (Wildman–Crippen LogP) is 2.20. The van der Waals surface area contributed by atoms with Gasteiger partial charge in [-0.1, -0.05) is 29.1 Å². The normalized spacial score (nSPS) is 10.6. The van der Waals surface area contributed by atoms with Crippen molar-refractivity contribution in [1.29, 1.82) is 0 Å². The number of carbonyl (C=O) groups is 2. The molecule has 2 heterocycles. The maximum absolute atomic E-state index is 12.3. The molecule has 27 heavy (non-hydrogen) atoms. The standard InChI is InChI=1S/C17H17N5O4S/c1-11-19-15(26-21-11)9-25-16(24)12-5-3-4-6-13(12)20-14(23)10-27-17-18-7-8-22(17)2/h3-8H,9-10H2,1-2H3,(H,20,23). The highest BCUT2D eigenvalue weighted by molar-refractivity contribution is 7.99. The Morgan fingerprint density at radius 1 is 1.33 bits per heavy atom. The second-order valence-corrected chi connectivity index (χ2v) is 6.46. The number of nitrogens with zero attached hydrogens (tertiary/aromatic N) is 4. The van der Waals surface area contributed by atoms with E-state index in [2.05, 4.69) is 20.4 Å². The first kappa shape index (κ1) is 18.6. The minimum absolute atomic E-state index is 0.142. The summed E-state index contributed by atoms with van der Waals surface area (Å²) in [6, 6.07) is 6.62. The minimum atomic E-state index is -0.599. The molecule has 0 aliphatic heterocycles. The number of imidazole rings is 1. The van der Waals surface area contributed by atoms with E-state index < -0.39 is 5.97 Å². The molecular weight excluding hydrogens is 370 g/mol. The SMILES string of the molecule is Cc1noc(COC(=O)c2ccccc2NC(=O)CSc2nccn2C)n1. The van der Waals surface area contributed by atoms with Crippen LogP contribution in [-0.2, 0) is 23.2 Å². The van der Waals surface area contributed by atoms with Gasteiger partial charge in [-0.05, 0) is 19.1 Å². The number of hydrogen-bond acceptors (Lipinski definition) is 8. The summed E-state index contributed by atoms with van der Waals surface area (Å²) in [7, 11) is 1.85. The molecule has 0 fully saturated rings. The van der Waals surface area contributed by atoms with E-state index >= 15 is 0 Å². The third-order valence-corrected chi connectivity index (χ3v) is 4.48. The summed E-state index contributed by atoms with van der Waals surface area (Å²) in [5.74, 6) is -0.0304. The number of nitrogens with one attached hydrogen (secondary N) is 1. The Labute approximate surface area is 159 Å². The number of rotatable bonds is 7. The van der Waals surface area contributed by atoms with Crippen LogP contribution in [0.4, 0.5) is 5.69 Å². The molecule has 10 heteroatoms. The highest BCUT2D eigenvalue weighted by atomic mass is 32.2. The van der Waals surface area contributed by atoms with E-state index in [9.17, 15) is 9.59 Å². The molecule has 3 rings (SSSR count). The Balaban J connectivity index is 1.60. The fourth-order valence-electron chi connectivity index (χ4n) is 2.18. The maximum atomic E-state index is 12.3. The van der Waals surface area contributed by atoms with E-state index in [-0.39, 0.29) is 29.7 Å². The van der Waals surface area contributed by atoms with Crippen molar-refractivity contribution in [1.82, 2.24) is 19.7 Å². The van der Waals surface area contributed by atoms with Gasteiger partial charge in [-0.3, -0.25) is 4.79 Å². The van der Waals surface area contributed by atoms with Crippen molar-refractivity contribution in [3.63, 3.8) is 0 Å².